The Kier molecular flexibility index (Phi) is 11.3. The maximum Gasteiger partial charge on any atom is 0.0406 e. The summed E-state index contributed by atoms with van der Waals surface area (Å²) < 4.78 is 0. The Labute approximate surface area is 139 Å². The van der Waals surface area contributed by atoms with Crippen LogP contribution in [0.3, 0.4) is 0 Å². The van der Waals surface area contributed by atoms with Crippen LogP contribution in [-0.2, 0) is 0 Å². The number of rotatable bonds is 5. The number of hydrogen-bond donors (Lipinski definition) is 2. The van der Waals surface area contributed by atoms with Gasteiger partial charge >= 0.3 is 0 Å². The molecule has 0 amide bonds. The van der Waals surface area contributed by atoms with E-state index in [1.54, 1.807) is 0 Å². The van der Waals surface area contributed by atoms with E-state index in [1.807, 2.05) is 24.3 Å². The van der Waals surface area contributed by atoms with Gasteiger partial charge in [-0.1, -0.05) is 35.9 Å². The van der Waals surface area contributed by atoms with Crippen LogP contribution in [0, 0.1) is 5.92 Å². The minimum atomic E-state index is 0. The average Bonchev–Trinajstić information content (AvgIpc) is 2.42. The standard InChI is InChI=1S/C15H21ClN2.2ClH/c16-15-5-3-13(4-6-15)2-1-9-18-12-14-7-10-17-11-8-14;;/h1-6,14,17-18H,7-12H2;2*1H. The van der Waals surface area contributed by atoms with Crippen molar-refractivity contribution in [2.75, 3.05) is 26.2 Å². The highest BCUT2D eigenvalue weighted by atomic mass is 35.5. The maximum atomic E-state index is 5.84. The Morgan fingerprint density at radius 2 is 1.80 bits per heavy atom. The van der Waals surface area contributed by atoms with Crippen molar-refractivity contribution in [3.8, 4) is 0 Å². The third-order valence-corrected chi connectivity index (χ3v) is 3.59. The summed E-state index contributed by atoms with van der Waals surface area (Å²) in [6.45, 7) is 4.42. The first kappa shape index (κ1) is 19.8. The molecule has 20 heavy (non-hydrogen) atoms. The van der Waals surface area contributed by atoms with Crippen LogP contribution in [0.4, 0.5) is 0 Å². The zero-order chi connectivity index (χ0) is 12.6. The molecular weight excluding hydrogens is 315 g/mol. The van der Waals surface area contributed by atoms with E-state index in [4.69, 9.17) is 11.6 Å². The second-order valence-electron chi connectivity index (χ2n) is 4.81. The monoisotopic (exact) mass is 336 g/mol. The fourth-order valence-corrected chi connectivity index (χ4v) is 2.35. The van der Waals surface area contributed by atoms with Crippen LogP contribution in [0.1, 0.15) is 18.4 Å². The molecule has 0 saturated carbocycles. The average molecular weight is 338 g/mol. The molecule has 0 spiro atoms. The molecule has 0 unspecified atom stereocenters. The Bertz CT molecular complexity index is 373. The fraction of sp³-hybridized carbons (Fsp3) is 0.467. The molecule has 0 aromatic heterocycles. The van der Waals surface area contributed by atoms with Gasteiger partial charge in [0, 0.05) is 11.6 Å². The van der Waals surface area contributed by atoms with Crippen molar-refractivity contribution in [2.24, 2.45) is 5.92 Å². The smallest absolute Gasteiger partial charge is 0.0406 e. The minimum Gasteiger partial charge on any atom is -0.317 e. The predicted octanol–water partition coefficient (Wildman–Crippen LogP) is 3.79. The molecule has 5 heteroatoms. The van der Waals surface area contributed by atoms with Crippen LogP contribution >= 0.6 is 36.4 Å². The van der Waals surface area contributed by atoms with Gasteiger partial charge in [-0.05, 0) is 56.1 Å². The normalized spacial score (nSPS) is 15.7. The van der Waals surface area contributed by atoms with Gasteiger partial charge in [0.1, 0.15) is 0 Å². The van der Waals surface area contributed by atoms with Gasteiger partial charge in [0.15, 0.2) is 0 Å². The van der Waals surface area contributed by atoms with Crippen molar-refractivity contribution in [3.63, 3.8) is 0 Å². The summed E-state index contributed by atoms with van der Waals surface area (Å²) in [7, 11) is 0. The topological polar surface area (TPSA) is 24.1 Å². The molecule has 2 nitrogen and oxygen atoms in total. The molecule has 1 aromatic carbocycles. The first-order valence-electron chi connectivity index (χ1n) is 6.68. The quantitative estimate of drug-likeness (QED) is 0.799. The van der Waals surface area contributed by atoms with E-state index >= 15 is 0 Å². The third-order valence-electron chi connectivity index (χ3n) is 3.33. The van der Waals surface area contributed by atoms with Crippen molar-refractivity contribution in [1.29, 1.82) is 0 Å². The Balaban J connectivity index is 0.00000180. The lowest BCUT2D eigenvalue weighted by Gasteiger charge is -2.22. The first-order chi connectivity index (χ1) is 8.84. The summed E-state index contributed by atoms with van der Waals surface area (Å²) in [4.78, 5) is 0. The van der Waals surface area contributed by atoms with Crippen LogP contribution < -0.4 is 10.6 Å². The minimum absolute atomic E-state index is 0. The molecule has 0 atom stereocenters. The molecule has 0 aliphatic carbocycles. The fourth-order valence-electron chi connectivity index (χ4n) is 2.23. The van der Waals surface area contributed by atoms with E-state index < -0.39 is 0 Å². The highest BCUT2D eigenvalue weighted by molar-refractivity contribution is 6.30. The molecule has 1 aliphatic rings. The van der Waals surface area contributed by atoms with Gasteiger partial charge in [0.05, 0.1) is 0 Å². The van der Waals surface area contributed by atoms with Gasteiger partial charge in [0.2, 0.25) is 0 Å². The molecule has 1 aliphatic heterocycles. The van der Waals surface area contributed by atoms with Crippen molar-refractivity contribution in [1.82, 2.24) is 10.6 Å². The van der Waals surface area contributed by atoms with Gasteiger partial charge in [0.25, 0.3) is 0 Å². The van der Waals surface area contributed by atoms with Crippen LogP contribution in [0.5, 0.6) is 0 Å². The van der Waals surface area contributed by atoms with Crippen molar-refractivity contribution < 1.29 is 0 Å². The Morgan fingerprint density at radius 1 is 1.15 bits per heavy atom. The Hall–Kier alpha value is -0.250. The van der Waals surface area contributed by atoms with Crippen molar-refractivity contribution in [2.45, 2.75) is 12.8 Å². The number of hydrogen-bond acceptors (Lipinski definition) is 2. The summed E-state index contributed by atoms with van der Waals surface area (Å²) >= 11 is 5.84. The lowest BCUT2D eigenvalue weighted by Crippen LogP contribution is -2.33. The number of nitrogens with one attached hydrogen (secondary N) is 2. The largest absolute Gasteiger partial charge is 0.317 e. The van der Waals surface area contributed by atoms with E-state index in [1.165, 1.54) is 31.5 Å². The van der Waals surface area contributed by atoms with Crippen molar-refractivity contribution >= 4 is 42.5 Å². The third kappa shape index (κ3) is 7.51. The van der Waals surface area contributed by atoms with E-state index in [0.29, 0.717) is 0 Å². The second kappa shape index (κ2) is 11.4. The summed E-state index contributed by atoms with van der Waals surface area (Å²) in [5.74, 6) is 0.843. The second-order valence-corrected chi connectivity index (χ2v) is 5.24. The van der Waals surface area contributed by atoms with Gasteiger partial charge < -0.3 is 10.6 Å². The SMILES string of the molecule is Cl.Cl.Clc1ccc(C=CCNCC2CCNCC2)cc1. The molecule has 1 aromatic rings. The van der Waals surface area contributed by atoms with Gasteiger partial charge in [-0.25, -0.2) is 0 Å². The maximum absolute atomic E-state index is 5.84. The number of piperidine rings is 1. The first-order valence-corrected chi connectivity index (χ1v) is 7.06. The number of halogens is 3. The van der Waals surface area contributed by atoms with Gasteiger partial charge in [-0.15, -0.1) is 24.8 Å². The highest BCUT2D eigenvalue weighted by Gasteiger charge is 2.11. The summed E-state index contributed by atoms with van der Waals surface area (Å²) in [6, 6.07) is 7.91. The molecule has 1 heterocycles. The van der Waals surface area contributed by atoms with Crippen LogP contribution in [0.2, 0.25) is 5.02 Å². The van der Waals surface area contributed by atoms with E-state index in [0.717, 1.165) is 24.0 Å². The molecule has 1 fully saturated rings. The molecule has 0 radical (unpaired) electrons. The lowest BCUT2D eigenvalue weighted by atomic mass is 9.98. The summed E-state index contributed by atoms with van der Waals surface area (Å²) in [6.07, 6.45) is 6.90. The van der Waals surface area contributed by atoms with Gasteiger partial charge in [-0.3, -0.25) is 0 Å². The Morgan fingerprint density at radius 3 is 2.45 bits per heavy atom. The predicted molar refractivity (Wildman–Crippen MR) is 93.4 cm³/mol. The number of benzene rings is 1. The zero-order valence-electron chi connectivity index (χ0n) is 11.5. The van der Waals surface area contributed by atoms with Gasteiger partial charge in [-0.2, -0.15) is 0 Å². The van der Waals surface area contributed by atoms with Crippen LogP contribution in [0.15, 0.2) is 30.3 Å². The molecule has 114 valence electrons. The summed E-state index contributed by atoms with van der Waals surface area (Å²) in [5.41, 5.74) is 1.20. The summed E-state index contributed by atoms with van der Waals surface area (Å²) in [5, 5.41) is 7.67. The molecule has 2 N–H and O–H groups in total. The molecule has 2 rings (SSSR count). The molecule has 0 bridgehead atoms. The van der Waals surface area contributed by atoms with E-state index in [2.05, 4.69) is 22.8 Å². The van der Waals surface area contributed by atoms with E-state index in [-0.39, 0.29) is 24.8 Å². The lowest BCUT2D eigenvalue weighted by molar-refractivity contribution is 0.361. The van der Waals surface area contributed by atoms with Crippen LogP contribution in [0.25, 0.3) is 6.08 Å². The zero-order valence-corrected chi connectivity index (χ0v) is 13.9. The van der Waals surface area contributed by atoms with Crippen LogP contribution in [-0.4, -0.2) is 26.2 Å². The van der Waals surface area contributed by atoms with Crippen molar-refractivity contribution in [3.05, 3.63) is 40.9 Å². The van der Waals surface area contributed by atoms with E-state index in [9.17, 15) is 0 Å². The molecular formula is C15H23Cl3N2. The molecule has 1 saturated heterocycles. The highest BCUT2D eigenvalue weighted by Crippen LogP contribution is 2.11.